The van der Waals surface area contributed by atoms with E-state index in [1.807, 2.05) is 18.7 Å². The van der Waals surface area contributed by atoms with Gasteiger partial charge in [0.1, 0.15) is 5.75 Å². The largest absolute Gasteiger partial charge is 0.491 e. The average Bonchev–Trinajstić information content (AvgIpc) is 2.54. The van der Waals surface area contributed by atoms with Gasteiger partial charge in [-0.3, -0.25) is 4.79 Å². The molecule has 1 fully saturated rings. The molecule has 1 aliphatic rings. The maximum absolute atomic E-state index is 13.0. The zero-order valence-electron chi connectivity index (χ0n) is 14.7. The summed E-state index contributed by atoms with van der Waals surface area (Å²) >= 11 is 0. The van der Waals surface area contributed by atoms with Gasteiger partial charge in [0.2, 0.25) is 0 Å². The van der Waals surface area contributed by atoms with Crippen LogP contribution in [0.5, 0.6) is 5.75 Å². The van der Waals surface area contributed by atoms with E-state index >= 15 is 0 Å². The molecular formula is C19H27NO4. The third-order valence-electron chi connectivity index (χ3n) is 4.28. The lowest BCUT2D eigenvalue weighted by Gasteiger charge is -2.36. The Kier molecular flexibility index (Phi) is 6.23. The fraction of sp³-hybridized carbons (Fsp3) is 0.579. The normalized spacial score (nSPS) is 17.8. The molecule has 1 aromatic carbocycles. The summed E-state index contributed by atoms with van der Waals surface area (Å²) in [6.07, 6.45) is 5.10. The lowest BCUT2D eigenvalue weighted by atomic mass is 9.97. The van der Waals surface area contributed by atoms with Gasteiger partial charge in [-0.2, -0.15) is 0 Å². The van der Waals surface area contributed by atoms with Crippen molar-refractivity contribution in [1.29, 1.82) is 0 Å². The lowest BCUT2D eigenvalue weighted by Crippen LogP contribution is -2.43. The van der Waals surface area contributed by atoms with Crippen molar-refractivity contribution in [3.05, 3.63) is 29.3 Å². The quantitative estimate of drug-likeness (QED) is 0.855. The molecule has 0 aliphatic carbocycles. The average molecular weight is 333 g/mol. The number of carbonyl (C=O) groups excluding carboxylic acids is 1. The maximum atomic E-state index is 13.0. The van der Waals surface area contributed by atoms with Crippen LogP contribution < -0.4 is 4.74 Å². The predicted molar refractivity (Wildman–Crippen MR) is 92.7 cm³/mol. The summed E-state index contributed by atoms with van der Waals surface area (Å²) in [6, 6.07) is 4.83. The van der Waals surface area contributed by atoms with Crippen molar-refractivity contribution in [2.24, 2.45) is 0 Å². The third-order valence-corrected chi connectivity index (χ3v) is 4.28. The first-order valence-electron chi connectivity index (χ1n) is 8.78. The second-order valence-electron chi connectivity index (χ2n) is 6.65. The smallest absolute Gasteiger partial charge is 0.335 e. The van der Waals surface area contributed by atoms with Gasteiger partial charge in [0.25, 0.3) is 5.91 Å². The first kappa shape index (κ1) is 18.3. The van der Waals surface area contributed by atoms with Crippen LogP contribution in [0.1, 0.15) is 73.6 Å². The molecule has 0 radical (unpaired) electrons. The number of amides is 1. The number of rotatable bonds is 6. The van der Waals surface area contributed by atoms with Gasteiger partial charge in [-0.25, -0.2) is 4.79 Å². The molecule has 0 saturated carbocycles. The molecule has 0 aromatic heterocycles. The van der Waals surface area contributed by atoms with Crippen molar-refractivity contribution in [1.82, 2.24) is 4.90 Å². The first-order valence-corrected chi connectivity index (χ1v) is 8.78. The fourth-order valence-corrected chi connectivity index (χ4v) is 3.25. The van der Waals surface area contributed by atoms with Crippen LogP contribution in [0.3, 0.4) is 0 Å². The van der Waals surface area contributed by atoms with Crippen molar-refractivity contribution >= 4 is 11.9 Å². The maximum Gasteiger partial charge on any atom is 0.335 e. The molecular weight excluding hydrogens is 306 g/mol. The Morgan fingerprint density at radius 3 is 2.58 bits per heavy atom. The van der Waals surface area contributed by atoms with Crippen molar-refractivity contribution in [2.45, 2.75) is 65.0 Å². The molecule has 1 unspecified atom stereocenters. The molecule has 1 amide bonds. The van der Waals surface area contributed by atoms with E-state index in [-0.39, 0.29) is 23.6 Å². The van der Waals surface area contributed by atoms with Gasteiger partial charge in [-0.15, -0.1) is 0 Å². The molecule has 24 heavy (non-hydrogen) atoms. The van der Waals surface area contributed by atoms with E-state index < -0.39 is 5.97 Å². The van der Waals surface area contributed by atoms with Gasteiger partial charge in [-0.05, 0) is 57.7 Å². The Hall–Kier alpha value is -2.04. The number of piperidine rings is 1. The number of carboxylic acids is 1. The van der Waals surface area contributed by atoms with Crippen molar-refractivity contribution < 1.29 is 19.4 Å². The van der Waals surface area contributed by atoms with Gasteiger partial charge in [-0.1, -0.05) is 13.3 Å². The number of nitrogens with zero attached hydrogens (tertiary/aromatic N) is 1. The van der Waals surface area contributed by atoms with Crippen LogP contribution in [0.4, 0.5) is 0 Å². The highest BCUT2D eigenvalue weighted by Crippen LogP contribution is 2.25. The molecule has 1 saturated heterocycles. The van der Waals surface area contributed by atoms with Crippen LogP contribution in [0.15, 0.2) is 18.2 Å². The van der Waals surface area contributed by atoms with Gasteiger partial charge < -0.3 is 14.7 Å². The molecule has 5 nitrogen and oxygen atoms in total. The molecule has 1 N–H and O–H groups in total. The van der Waals surface area contributed by atoms with Crippen LogP contribution in [-0.4, -0.2) is 40.6 Å². The Balaban J connectivity index is 2.32. The molecule has 0 bridgehead atoms. The predicted octanol–water partition coefficient (Wildman–Crippen LogP) is 3.97. The summed E-state index contributed by atoms with van der Waals surface area (Å²) in [5, 5.41) is 9.32. The summed E-state index contributed by atoms with van der Waals surface area (Å²) in [5.41, 5.74) is 0.481. The monoisotopic (exact) mass is 333 g/mol. The first-order chi connectivity index (χ1) is 11.4. The van der Waals surface area contributed by atoms with Crippen LogP contribution in [0.2, 0.25) is 0 Å². The topological polar surface area (TPSA) is 66.8 Å². The van der Waals surface area contributed by atoms with E-state index in [9.17, 15) is 14.7 Å². The number of hydrogen-bond donors (Lipinski definition) is 1. The lowest BCUT2D eigenvalue weighted by molar-refractivity contribution is 0.0600. The van der Waals surface area contributed by atoms with E-state index in [4.69, 9.17) is 4.74 Å². The van der Waals surface area contributed by atoms with E-state index in [0.717, 1.165) is 38.6 Å². The Bertz CT molecular complexity index is 595. The second-order valence-corrected chi connectivity index (χ2v) is 6.65. The number of carboxylic acid groups (broad SMARTS) is 1. The molecule has 0 spiro atoms. The fourth-order valence-electron chi connectivity index (χ4n) is 3.25. The molecule has 1 heterocycles. The molecule has 1 atom stereocenters. The summed E-state index contributed by atoms with van der Waals surface area (Å²) in [6.45, 7) is 6.60. The number of likely N-dealkylation sites (tertiary alicyclic amines) is 1. The van der Waals surface area contributed by atoms with Crippen LogP contribution >= 0.6 is 0 Å². The summed E-state index contributed by atoms with van der Waals surface area (Å²) < 4.78 is 5.62. The van der Waals surface area contributed by atoms with E-state index in [2.05, 4.69) is 6.92 Å². The standard InChI is InChI=1S/C19H27NO4/c1-4-7-16-8-5-6-9-20(16)18(21)14-10-15(19(22)23)12-17(11-14)24-13(2)3/h10-13,16H,4-9H2,1-3H3,(H,22,23). The van der Waals surface area contributed by atoms with Crippen LogP contribution in [-0.2, 0) is 0 Å². The highest BCUT2D eigenvalue weighted by atomic mass is 16.5. The highest BCUT2D eigenvalue weighted by molar-refractivity contribution is 5.98. The SMILES string of the molecule is CCCC1CCCCN1C(=O)c1cc(OC(C)C)cc(C(=O)O)c1. The van der Waals surface area contributed by atoms with E-state index in [1.54, 1.807) is 6.07 Å². The number of hydrogen-bond acceptors (Lipinski definition) is 3. The number of aromatic carboxylic acids is 1. The summed E-state index contributed by atoms with van der Waals surface area (Å²) in [4.78, 5) is 26.3. The number of benzene rings is 1. The van der Waals surface area contributed by atoms with Gasteiger partial charge >= 0.3 is 5.97 Å². The third kappa shape index (κ3) is 4.49. The number of carbonyl (C=O) groups is 2. The minimum atomic E-state index is -1.05. The Morgan fingerprint density at radius 2 is 1.96 bits per heavy atom. The Labute approximate surface area is 143 Å². The van der Waals surface area contributed by atoms with E-state index in [0.29, 0.717) is 11.3 Å². The van der Waals surface area contributed by atoms with Gasteiger partial charge in [0, 0.05) is 18.2 Å². The van der Waals surface area contributed by atoms with Gasteiger partial charge in [0.05, 0.1) is 11.7 Å². The van der Waals surface area contributed by atoms with Crippen LogP contribution in [0.25, 0.3) is 0 Å². The minimum Gasteiger partial charge on any atom is -0.491 e. The molecule has 2 rings (SSSR count). The highest BCUT2D eigenvalue weighted by Gasteiger charge is 2.27. The molecule has 132 valence electrons. The van der Waals surface area contributed by atoms with Crippen molar-refractivity contribution in [3.8, 4) is 5.75 Å². The Morgan fingerprint density at radius 1 is 1.25 bits per heavy atom. The van der Waals surface area contributed by atoms with Crippen molar-refractivity contribution in [2.75, 3.05) is 6.54 Å². The van der Waals surface area contributed by atoms with Crippen molar-refractivity contribution in [3.63, 3.8) is 0 Å². The number of ether oxygens (including phenoxy) is 1. The van der Waals surface area contributed by atoms with E-state index in [1.165, 1.54) is 12.1 Å². The summed E-state index contributed by atoms with van der Waals surface area (Å²) in [7, 11) is 0. The second kappa shape index (κ2) is 8.18. The minimum absolute atomic E-state index is 0.0835. The summed E-state index contributed by atoms with van der Waals surface area (Å²) in [5.74, 6) is -0.718. The van der Waals surface area contributed by atoms with Gasteiger partial charge in [0.15, 0.2) is 0 Å². The zero-order chi connectivity index (χ0) is 17.7. The molecule has 1 aromatic rings. The van der Waals surface area contributed by atoms with Crippen LogP contribution in [0, 0.1) is 0 Å². The zero-order valence-corrected chi connectivity index (χ0v) is 14.7. The molecule has 5 heteroatoms. The molecule has 1 aliphatic heterocycles.